The number of nitrogens with zero attached hydrogens (tertiary/aromatic N) is 5. The van der Waals surface area contributed by atoms with Crippen molar-refractivity contribution in [3.05, 3.63) is 36.0 Å². The third kappa shape index (κ3) is 8.89. The van der Waals surface area contributed by atoms with E-state index in [-0.39, 0.29) is 75.5 Å². The van der Waals surface area contributed by atoms with Crippen molar-refractivity contribution in [3.8, 4) is 5.75 Å². The molecule has 0 bridgehead atoms. The molecule has 15 nitrogen and oxygen atoms in total. The second-order valence-corrected chi connectivity index (χ2v) is 11.8. The number of unbranched alkanes of at least 4 members (excludes halogenated alkanes) is 1. The van der Waals surface area contributed by atoms with Crippen LogP contribution in [0.4, 0.5) is 4.79 Å². The summed E-state index contributed by atoms with van der Waals surface area (Å²) in [5, 5.41) is 12.5. The van der Waals surface area contributed by atoms with Crippen molar-refractivity contribution in [1.82, 2.24) is 29.9 Å². The van der Waals surface area contributed by atoms with E-state index in [9.17, 15) is 33.9 Å². The molecule has 0 radical (unpaired) electrons. The van der Waals surface area contributed by atoms with Crippen molar-refractivity contribution in [2.24, 2.45) is 0 Å². The third-order valence-electron chi connectivity index (χ3n) is 8.49. The summed E-state index contributed by atoms with van der Waals surface area (Å²) in [6.07, 6.45) is 1.23. The maximum Gasteiger partial charge on any atom is 0.409 e. The number of carbonyl (C=O) groups is 6. The summed E-state index contributed by atoms with van der Waals surface area (Å²) in [5.41, 5.74) is 0.318. The molecule has 15 heteroatoms. The quantitative estimate of drug-likeness (QED) is 0.319. The molecule has 260 valence electrons. The SMILES string of the molecule is CCCC[C@H]1C(=O)N(C)CCN1C(=O)COc1cc(C(=O)NC(CCC(=O)O)C(=O)N2CCN(C(=O)OCC)CC2)nc2ccccc12. The molecule has 4 rings (SSSR count). The smallest absolute Gasteiger partial charge is 0.409 e. The van der Waals surface area contributed by atoms with Crippen LogP contribution >= 0.6 is 0 Å². The number of ether oxygens (including phenoxy) is 2. The highest BCUT2D eigenvalue weighted by molar-refractivity contribution is 5.99. The molecule has 2 atom stereocenters. The van der Waals surface area contributed by atoms with Gasteiger partial charge in [-0.3, -0.25) is 24.0 Å². The fourth-order valence-electron chi connectivity index (χ4n) is 5.79. The van der Waals surface area contributed by atoms with Crippen LogP contribution in [0.5, 0.6) is 5.75 Å². The second kappa shape index (κ2) is 16.7. The molecule has 0 aliphatic carbocycles. The molecule has 2 fully saturated rings. The Morgan fingerprint density at radius 1 is 1.02 bits per heavy atom. The average molecular weight is 669 g/mol. The molecule has 2 aliphatic heterocycles. The largest absolute Gasteiger partial charge is 0.483 e. The van der Waals surface area contributed by atoms with Crippen molar-refractivity contribution in [2.45, 2.75) is 58.0 Å². The Bertz CT molecular complexity index is 1510. The van der Waals surface area contributed by atoms with Gasteiger partial charge < -0.3 is 39.5 Å². The van der Waals surface area contributed by atoms with Gasteiger partial charge in [0.05, 0.1) is 12.1 Å². The standard InChI is InChI=1S/C33H44N6O9/c1-4-6-11-26-32(45)36(3)14-19-39(26)28(40)21-48-27-20-25(34-23-10-8-7-9-22(23)27)30(43)35-24(12-13-29(41)42)31(44)37-15-17-38(18-16-37)33(46)47-5-2/h7-10,20,24,26H,4-6,11-19,21H2,1-3H3,(H,35,43)(H,41,42)/t24?,26-/m0/s1. The molecule has 48 heavy (non-hydrogen) atoms. The monoisotopic (exact) mass is 668 g/mol. The van der Waals surface area contributed by atoms with E-state index in [1.807, 2.05) is 6.92 Å². The van der Waals surface area contributed by atoms with E-state index in [4.69, 9.17) is 9.47 Å². The van der Waals surface area contributed by atoms with Crippen LogP contribution in [0.2, 0.25) is 0 Å². The van der Waals surface area contributed by atoms with Gasteiger partial charge in [0.15, 0.2) is 6.61 Å². The number of pyridine rings is 1. The Labute approximate surface area is 279 Å². The van der Waals surface area contributed by atoms with E-state index < -0.39 is 36.0 Å². The number of hydrogen-bond acceptors (Lipinski definition) is 9. The van der Waals surface area contributed by atoms with Crippen LogP contribution in [0.25, 0.3) is 10.9 Å². The highest BCUT2D eigenvalue weighted by Crippen LogP contribution is 2.26. The number of fused-ring (bicyclic) bond motifs is 1. The average Bonchev–Trinajstić information content (AvgIpc) is 3.09. The first-order chi connectivity index (χ1) is 23.0. The molecule has 2 aromatic rings. The van der Waals surface area contributed by atoms with Gasteiger partial charge in [-0.2, -0.15) is 0 Å². The number of piperazine rings is 2. The molecular formula is C33H44N6O9. The number of carboxylic acids is 1. The first kappa shape index (κ1) is 35.9. The summed E-state index contributed by atoms with van der Waals surface area (Å²) >= 11 is 0. The lowest BCUT2D eigenvalue weighted by molar-refractivity contribution is -0.151. The maximum atomic E-state index is 13.6. The topological polar surface area (TPSA) is 179 Å². The van der Waals surface area contributed by atoms with Gasteiger partial charge in [-0.15, -0.1) is 0 Å². The summed E-state index contributed by atoms with van der Waals surface area (Å²) in [6.45, 7) is 5.23. The third-order valence-corrected chi connectivity index (χ3v) is 8.49. The summed E-state index contributed by atoms with van der Waals surface area (Å²) < 4.78 is 11.0. The number of likely N-dealkylation sites (N-methyl/N-ethyl adjacent to an activating group) is 1. The first-order valence-electron chi connectivity index (χ1n) is 16.3. The summed E-state index contributed by atoms with van der Waals surface area (Å²) in [4.78, 5) is 87.3. The molecule has 2 saturated heterocycles. The molecule has 1 unspecified atom stereocenters. The molecule has 1 aromatic heterocycles. The number of para-hydroxylation sites is 1. The number of aromatic nitrogens is 1. The Hall–Kier alpha value is -4.95. The van der Waals surface area contributed by atoms with Gasteiger partial charge in [-0.1, -0.05) is 31.9 Å². The van der Waals surface area contributed by atoms with Crippen LogP contribution in [0.1, 0.15) is 56.4 Å². The minimum Gasteiger partial charge on any atom is -0.483 e. The predicted octanol–water partition coefficient (Wildman–Crippen LogP) is 1.74. The summed E-state index contributed by atoms with van der Waals surface area (Å²) in [7, 11) is 1.72. The van der Waals surface area contributed by atoms with Crippen molar-refractivity contribution in [3.63, 3.8) is 0 Å². The van der Waals surface area contributed by atoms with E-state index in [1.54, 1.807) is 48.0 Å². The van der Waals surface area contributed by atoms with Crippen LogP contribution in [-0.4, -0.2) is 137 Å². The minimum absolute atomic E-state index is 0.0907. The summed E-state index contributed by atoms with van der Waals surface area (Å²) in [5.74, 6) is -2.58. The van der Waals surface area contributed by atoms with E-state index in [1.165, 1.54) is 15.9 Å². The van der Waals surface area contributed by atoms with Crippen LogP contribution in [0, 0.1) is 0 Å². The van der Waals surface area contributed by atoms with Crippen LogP contribution < -0.4 is 10.1 Å². The van der Waals surface area contributed by atoms with Gasteiger partial charge >= 0.3 is 12.1 Å². The number of benzene rings is 1. The highest BCUT2D eigenvalue weighted by Gasteiger charge is 2.36. The number of carboxylic acid groups (broad SMARTS) is 1. The number of aliphatic carboxylic acids is 1. The lowest BCUT2D eigenvalue weighted by Crippen LogP contribution is -2.58. The number of amides is 5. The van der Waals surface area contributed by atoms with E-state index in [0.29, 0.717) is 30.4 Å². The van der Waals surface area contributed by atoms with Crippen LogP contribution in [0.3, 0.4) is 0 Å². The number of nitrogens with one attached hydrogen (secondary N) is 1. The Morgan fingerprint density at radius 2 is 1.73 bits per heavy atom. The minimum atomic E-state index is -1.17. The van der Waals surface area contributed by atoms with E-state index >= 15 is 0 Å². The van der Waals surface area contributed by atoms with Crippen molar-refractivity contribution < 1.29 is 43.3 Å². The van der Waals surface area contributed by atoms with Gasteiger partial charge in [-0.25, -0.2) is 9.78 Å². The molecule has 0 spiro atoms. The Morgan fingerprint density at radius 3 is 2.42 bits per heavy atom. The Balaban J connectivity index is 1.50. The van der Waals surface area contributed by atoms with Crippen LogP contribution in [0.15, 0.2) is 30.3 Å². The van der Waals surface area contributed by atoms with Gasteiger partial charge in [0.25, 0.3) is 11.8 Å². The zero-order valence-corrected chi connectivity index (χ0v) is 27.7. The van der Waals surface area contributed by atoms with Crippen molar-refractivity contribution in [2.75, 3.05) is 59.5 Å². The number of hydrogen-bond donors (Lipinski definition) is 2. The van der Waals surface area contributed by atoms with Crippen molar-refractivity contribution >= 4 is 46.6 Å². The lowest BCUT2D eigenvalue weighted by Gasteiger charge is -2.39. The van der Waals surface area contributed by atoms with Crippen molar-refractivity contribution in [1.29, 1.82) is 0 Å². The second-order valence-electron chi connectivity index (χ2n) is 11.8. The van der Waals surface area contributed by atoms with E-state index in [2.05, 4.69) is 10.3 Å². The number of rotatable bonds is 13. The maximum absolute atomic E-state index is 13.6. The fourth-order valence-corrected chi connectivity index (χ4v) is 5.79. The summed E-state index contributed by atoms with van der Waals surface area (Å²) in [6, 6.07) is 6.56. The zero-order chi connectivity index (χ0) is 34.8. The lowest BCUT2D eigenvalue weighted by atomic mass is 10.0. The zero-order valence-electron chi connectivity index (χ0n) is 27.7. The normalized spacial score (nSPS) is 17.2. The van der Waals surface area contributed by atoms with Gasteiger partial charge in [0, 0.05) is 64.2 Å². The molecule has 0 saturated carbocycles. The number of carbonyl (C=O) groups excluding carboxylic acids is 5. The predicted molar refractivity (Wildman–Crippen MR) is 173 cm³/mol. The van der Waals surface area contributed by atoms with Gasteiger partial charge in [0.1, 0.15) is 23.5 Å². The Kier molecular flexibility index (Phi) is 12.5. The first-order valence-corrected chi connectivity index (χ1v) is 16.3. The molecule has 5 amide bonds. The molecule has 2 N–H and O–H groups in total. The fraction of sp³-hybridized carbons (Fsp3) is 0.545. The molecular weight excluding hydrogens is 624 g/mol. The van der Waals surface area contributed by atoms with E-state index in [0.717, 1.165) is 12.8 Å². The van der Waals surface area contributed by atoms with Gasteiger partial charge in [-0.05, 0) is 31.9 Å². The molecule has 1 aromatic carbocycles. The van der Waals surface area contributed by atoms with Gasteiger partial charge in [0.2, 0.25) is 11.8 Å². The highest BCUT2D eigenvalue weighted by atomic mass is 16.6. The molecule has 3 heterocycles. The molecule has 2 aliphatic rings. The van der Waals surface area contributed by atoms with Crippen LogP contribution in [-0.2, 0) is 23.9 Å².